The van der Waals surface area contributed by atoms with Gasteiger partial charge in [0.2, 0.25) is 10.0 Å². The molecule has 13 heavy (non-hydrogen) atoms. The molecule has 0 bridgehead atoms. The van der Waals surface area contributed by atoms with Gasteiger partial charge in [0, 0.05) is 6.20 Å². The van der Waals surface area contributed by atoms with Crippen molar-refractivity contribution in [1.82, 2.24) is 4.31 Å². The highest BCUT2D eigenvalue weighted by molar-refractivity contribution is 8.03. The van der Waals surface area contributed by atoms with E-state index in [0.29, 0.717) is 4.31 Å². The van der Waals surface area contributed by atoms with Crippen LogP contribution in [0.5, 0.6) is 0 Å². The van der Waals surface area contributed by atoms with Gasteiger partial charge in [-0.15, -0.1) is 11.8 Å². The van der Waals surface area contributed by atoms with Crippen molar-refractivity contribution < 1.29 is 21.6 Å². The zero-order chi connectivity index (χ0) is 10.1. The third-order valence-electron chi connectivity index (χ3n) is 1.23. The highest BCUT2D eigenvalue weighted by Gasteiger charge is 2.38. The number of nitrogens with zero attached hydrogens (tertiary/aromatic N) is 1. The molecule has 0 saturated heterocycles. The van der Waals surface area contributed by atoms with Crippen LogP contribution in [0.4, 0.5) is 13.2 Å². The Hall–Kier alpha value is -0.370. The van der Waals surface area contributed by atoms with Gasteiger partial charge in [0.15, 0.2) is 5.75 Å². The number of sulfonamides is 1. The third kappa shape index (κ3) is 3.11. The number of hydrogen-bond acceptors (Lipinski definition) is 3. The zero-order valence-electron chi connectivity index (χ0n) is 6.28. The fourth-order valence-corrected chi connectivity index (χ4v) is 3.01. The fraction of sp³-hybridized carbons (Fsp3) is 0.600. The van der Waals surface area contributed by atoms with E-state index in [9.17, 15) is 21.6 Å². The van der Waals surface area contributed by atoms with Crippen LogP contribution >= 0.6 is 11.8 Å². The Kier molecular flexibility index (Phi) is 2.81. The summed E-state index contributed by atoms with van der Waals surface area (Å²) in [4.78, 5) is 0. The average molecular weight is 233 g/mol. The Morgan fingerprint density at radius 1 is 1.46 bits per heavy atom. The highest BCUT2D eigenvalue weighted by atomic mass is 32.2. The normalized spacial score (nSPS) is 18.2. The molecule has 0 radical (unpaired) electrons. The van der Waals surface area contributed by atoms with Crippen molar-refractivity contribution in [2.24, 2.45) is 0 Å². The summed E-state index contributed by atoms with van der Waals surface area (Å²) in [6.07, 6.45) is -3.55. The van der Waals surface area contributed by atoms with E-state index >= 15 is 0 Å². The quantitative estimate of drug-likeness (QED) is 0.722. The Balaban J connectivity index is 2.72. The molecule has 1 rings (SSSR count). The predicted molar refractivity (Wildman–Crippen MR) is 43.3 cm³/mol. The number of alkyl halides is 3. The Morgan fingerprint density at radius 2 is 2.08 bits per heavy atom. The smallest absolute Gasteiger partial charge is 0.266 e. The van der Waals surface area contributed by atoms with Crippen molar-refractivity contribution >= 4 is 21.8 Å². The minimum atomic E-state index is -4.68. The molecule has 1 heterocycles. The molecule has 0 aliphatic carbocycles. The molecule has 1 aliphatic rings. The molecular weight excluding hydrogens is 227 g/mol. The molecule has 76 valence electrons. The number of rotatable bonds is 2. The number of thioether (sulfide) groups is 1. The first-order chi connectivity index (χ1) is 5.81. The maximum absolute atomic E-state index is 11.8. The van der Waals surface area contributed by atoms with Crippen LogP contribution in [0, 0.1) is 0 Å². The molecule has 0 aromatic carbocycles. The van der Waals surface area contributed by atoms with Gasteiger partial charge in [0.1, 0.15) is 0 Å². The van der Waals surface area contributed by atoms with Crippen molar-refractivity contribution in [2.45, 2.75) is 6.18 Å². The van der Waals surface area contributed by atoms with Crippen molar-refractivity contribution in [2.75, 3.05) is 11.6 Å². The lowest BCUT2D eigenvalue weighted by atomic mass is 10.8. The Morgan fingerprint density at radius 3 is 2.46 bits per heavy atom. The lowest BCUT2D eigenvalue weighted by molar-refractivity contribution is -0.106. The van der Waals surface area contributed by atoms with Gasteiger partial charge >= 0.3 is 6.18 Å². The molecule has 0 atom stereocenters. The van der Waals surface area contributed by atoms with Gasteiger partial charge in [0.05, 0.1) is 5.88 Å². The summed E-state index contributed by atoms with van der Waals surface area (Å²) in [6, 6.07) is 0. The van der Waals surface area contributed by atoms with Crippen molar-refractivity contribution in [1.29, 1.82) is 0 Å². The lowest BCUT2D eigenvalue weighted by Crippen LogP contribution is -2.33. The molecule has 0 aromatic rings. The van der Waals surface area contributed by atoms with E-state index in [2.05, 4.69) is 0 Å². The summed E-state index contributed by atoms with van der Waals surface area (Å²) in [7, 11) is -4.22. The standard InChI is InChI=1S/C5H6F3NO2S2/c6-5(7,8)3-13(10,11)9-1-2-12-4-9/h1-2H,3-4H2. The first-order valence-electron chi connectivity index (χ1n) is 3.16. The van der Waals surface area contributed by atoms with Crippen LogP contribution in [-0.4, -0.2) is 30.5 Å². The average Bonchev–Trinajstić information content (AvgIpc) is 2.29. The van der Waals surface area contributed by atoms with Crippen LogP contribution in [0.15, 0.2) is 11.6 Å². The molecule has 1 aliphatic heterocycles. The second-order valence-corrected chi connectivity index (χ2v) is 5.12. The van der Waals surface area contributed by atoms with E-state index in [4.69, 9.17) is 0 Å². The summed E-state index contributed by atoms with van der Waals surface area (Å²) in [5.41, 5.74) is 0. The molecule has 0 aromatic heterocycles. The lowest BCUT2D eigenvalue weighted by Gasteiger charge is -2.16. The van der Waals surface area contributed by atoms with E-state index in [1.54, 1.807) is 0 Å². The molecule has 0 amide bonds. The topological polar surface area (TPSA) is 37.4 Å². The molecule has 0 spiro atoms. The monoisotopic (exact) mass is 233 g/mol. The van der Waals surface area contributed by atoms with Crippen LogP contribution in [0.2, 0.25) is 0 Å². The highest BCUT2D eigenvalue weighted by Crippen LogP contribution is 2.24. The Bertz CT molecular complexity index is 308. The second-order valence-electron chi connectivity index (χ2n) is 2.34. The third-order valence-corrected chi connectivity index (χ3v) is 3.79. The van der Waals surface area contributed by atoms with Gasteiger partial charge in [0.25, 0.3) is 0 Å². The Labute approximate surface area is 77.6 Å². The van der Waals surface area contributed by atoms with Gasteiger partial charge < -0.3 is 0 Å². The van der Waals surface area contributed by atoms with Gasteiger partial charge in [-0.25, -0.2) is 8.42 Å². The van der Waals surface area contributed by atoms with Gasteiger partial charge in [-0.3, -0.25) is 4.31 Å². The molecule has 0 N–H and O–H groups in total. The fourth-order valence-electron chi connectivity index (χ4n) is 0.733. The first-order valence-corrected chi connectivity index (χ1v) is 5.82. The molecule has 8 heteroatoms. The minimum Gasteiger partial charge on any atom is -0.266 e. The second kappa shape index (κ2) is 3.41. The maximum atomic E-state index is 11.8. The first kappa shape index (κ1) is 10.7. The van der Waals surface area contributed by atoms with Crippen LogP contribution in [0.1, 0.15) is 0 Å². The molecule has 0 fully saturated rings. The van der Waals surface area contributed by atoms with Crippen LogP contribution in [-0.2, 0) is 10.0 Å². The largest absolute Gasteiger partial charge is 0.404 e. The van der Waals surface area contributed by atoms with E-state index in [-0.39, 0.29) is 5.88 Å². The summed E-state index contributed by atoms with van der Waals surface area (Å²) >= 11 is 1.13. The van der Waals surface area contributed by atoms with Crippen LogP contribution in [0.25, 0.3) is 0 Å². The minimum absolute atomic E-state index is 0.0262. The van der Waals surface area contributed by atoms with E-state index in [0.717, 1.165) is 18.0 Å². The number of hydrogen-bond donors (Lipinski definition) is 0. The van der Waals surface area contributed by atoms with Crippen molar-refractivity contribution in [3.63, 3.8) is 0 Å². The molecule has 0 unspecified atom stereocenters. The van der Waals surface area contributed by atoms with Gasteiger partial charge in [-0.05, 0) is 5.41 Å². The number of halogens is 3. The molecular formula is C5H6F3NO2S2. The molecule has 3 nitrogen and oxygen atoms in total. The summed E-state index contributed by atoms with van der Waals surface area (Å²) in [5.74, 6) is -1.77. The van der Waals surface area contributed by atoms with Gasteiger partial charge in [-0.2, -0.15) is 13.2 Å². The summed E-state index contributed by atoms with van der Waals surface area (Å²) < 4.78 is 58.0. The van der Waals surface area contributed by atoms with Gasteiger partial charge in [-0.1, -0.05) is 0 Å². The van der Waals surface area contributed by atoms with Crippen molar-refractivity contribution in [3.05, 3.63) is 11.6 Å². The summed E-state index contributed by atoms with van der Waals surface area (Å²) in [5, 5.41) is 1.44. The van der Waals surface area contributed by atoms with Crippen LogP contribution < -0.4 is 0 Å². The van der Waals surface area contributed by atoms with E-state index < -0.39 is 22.0 Å². The SMILES string of the molecule is O=S(=O)(CC(F)(F)F)N1C=CSC1. The zero-order valence-corrected chi connectivity index (χ0v) is 7.92. The maximum Gasteiger partial charge on any atom is 0.404 e. The van der Waals surface area contributed by atoms with E-state index in [1.807, 2.05) is 0 Å². The van der Waals surface area contributed by atoms with E-state index in [1.165, 1.54) is 5.41 Å². The predicted octanol–water partition coefficient (Wildman–Crippen LogP) is 1.36. The van der Waals surface area contributed by atoms with Crippen molar-refractivity contribution in [3.8, 4) is 0 Å². The molecule has 0 saturated carbocycles. The summed E-state index contributed by atoms with van der Waals surface area (Å²) in [6.45, 7) is 0. The van der Waals surface area contributed by atoms with Crippen LogP contribution in [0.3, 0.4) is 0 Å².